The molecule has 0 bridgehead atoms. The molecule has 2 aromatic rings. The van der Waals surface area contributed by atoms with Crippen molar-refractivity contribution in [2.24, 2.45) is 0 Å². The predicted molar refractivity (Wildman–Crippen MR) is 105 cm³/mol. The van der Waals surface area contributed by atoms with Crippen molar-refractivity contribution < 1.29 is 8.78 Å². The molecule has 2 aromatic carbocycles. The fourth-order valence-corrected chi connectivity index (χ4v) is 7.39. The zero-order valence-corrected chi connectivity index (χ0v) is 15.8. The highest BCUT2D eigenvalue weighted by molar-refractivity contribution is 6.59. The number of unbranched alkanes of at least 4 members (excludes halogenated alkanes) is 1. The van der Waals surface area contributed by atoms with Crippen LogP contribution in [0.2, 0.25) is 18.1 Å². The van der Waals surface area contributed by atoms with Gasteiger partial charge in [-0.1, -0.05) is 61.0 Å². The molecule has 3 heteroatoms. The summed E-state index contributed by atoms with van der Waals surface area (Å²) in [5, 5.41) is 0. The molecule has 0 aliphatic carbocycles. The van der Waals surface area contributed by atoms with Crippen LogP contribution in [0.15, 0.2) is 55.1 Å². The van der Waals surface area contributed by atoms with Crippen LogP contribution in [0.25, 0.3) is 11.1 Å². The van der Waals surface area contributed by atoms with Gasteiger partial charge in [0.25, 0.3) is 0 Å². The second kappa shape index (κ2) is 8.57. The van der Waals surface area contributed by atoms with Crippen LogP contribution >= 0.6 is 0 Å². The molecule has 0 aromatic heterocycles. The van der Waals surface area contributed by atoms with Gasteiger partial charge in [-0.05, 0) is 54.0 Å². The molecule has 0 amide bonds. The Morgan fingerprint density at radius 3 is 2.28 bits per heavy atom. The fraction of sp³-hybridized carbons (Fsp3) is 0.364. The molecule has 0 nitrogen and oxygen atoms in total. The smallest absolute Gasteiger partial charge is 0.159 e. The summed E-state index contributed by atoms with van der Waals surface area (Å²) in [6, 6.07) is 16.9. The molecule has 0 unspecified atom stereocenters. The minimum absolute atomic E-state index is 0.514. The van der Waals surface area contributed by atoms with Crippen LogP contribution in [-0.4, -0.2) is 8.80 Å². The summed E-state index contributed by atoms with van der Waals surface area (Å²) in [6.07, 6.45) is 7.16. The third kappa shape index (κ3) is 4.66. The van der Waals surface area contributed by atoms with Gasteiger partial charge in [-0.25, -0.2) is 8.78 Å². The molecule has 3 rings (SSSR count). The van der Waals surface area contributed by atoms with Gasteiger partial charge in [0.2, 0.25) is 0 Å². The normalized spacial score (nSPS) is 20.4. The summed E-state index contributed by atoms with van der Waals surface area (Å²) >= 11 is 0. The summed E-state index contributed by atoms with van der Waals surface area (Å²) in [7, 11) is -0.514. The highest BCUT2D eigenvalue weighted by atomic mass is 28.3. The number of rotatable bonds is 6. The summed E-state index contributed by atoms with van der Waals surface area (Å²) in [5.74, 6) is -0.919. The highest BCUT2D eigenvalue weighted by Crippen LogP contribution is 2.36. The van der Waals surface area contributed by atoms with Crippen molar-refractivity contribution in [3.05, 3.63) is 72.3 Å². The lowest BCUT2D eigenvalue weighted by Gasteiger charge is -2.28. The molecule has 1 aliphatic rings. The van der Waals surface area contributed by atoms with Gasteiger partial charge in [0, 0.05) is 8.80 Å². The minimum Gasteiger partial charge on any atom is -0.204 e. The minimum atomic E-state index is -0.797. The van der Waals surface area contributed by atoms with Crippen molar-refractivity contribution in [1.29, 1.82) is 0 Å². The maximum absolute atomic E-state index is 13.4. The maximum Gasteiger partial charge on any atom is 0.159 e. The molecule has 1 aliphatic heterocycles. The Hall–Kier alpha value is -1.74. The van der Waals surface area contributed by atoms with E-state index in [4.69, 9.17) is 0 Å². The van der Waals surface area contributed by atoms with E-state index in [0.29, 0.717) is 5.92 Å². The summed E-state index contributed by atoms with van der Waals surface area (Å²) in [5.41, 5.74) is 3.06. The Labute approximate surface area is 151 Å². The van der Waals surface area contributed by atoms with Crippen LogP contribution in [0.3, 0.4) is 0 Å². The molecule has 0 N–H and O–H groups in total. The van der Waals surface area contributed by atoms with Crippen molar-refractivity contribution in [3.63, 3.8) is 0 Å². The van der Waals surface area contributed by atoms with E-state index in [1.54, 1.807) is 6.07 Å². The molecule has 132 valence electrons. The van der Waals surface area contributed by atoms with Crippen molar-refractivity contribution in [3.8, 4) is 11.1 Å². The van der Waals surface area contributed by atoms with Gasteiger partial charge in [-0.3, -0.25) is 0 Å². The largest absolute Gasteiger partial charge is 0.204 e. The van der Waals surface area contributed by atoms with E-state index in [-0.39, 0.29) is 0 Å². The second-order valence-electron chi connectivity index (χ2n) is 7.19. The molecule has 25 heavy (non-hydrogen) atoms. The SMILES string of the molecule is C=CCCC[SiH]1CCC(c2ccc(-c3ccc(F)c(F)c3)cc2)CC1. The Bertz CT molecular complexity index is 700. The number of hydrogen-bond acceptors (Lipinski definition) is 0. The Morgan fingerprint density at radius 2 is 1.64 bits per heavy atom. The Kier molecular flexibility index (Phi) is 6.19. The van der Waals surface area contributed by atoms with Gasteiger partial charge in [0.1, 0.15) is 0 Å². The lowest BCUT2D eigenvalue weighted by Crippen LogP contribution is -2.20. The van der Waals surface area contributed by atoms with Crippen molar-refractivity contribution in [1.82, 2.24) is 0 Å². The molecular formula is C22H26F2Si. The van der Waals surface area contributed by atoms with E-state index in [2.05, 4.69) is 18.7 Å². The molecule has 0 radical (unpaired) electrons. The Morgan fingerprint density at radius 1 is 0.960 bits per heavy atom. The van der Waals surface area contributed by atoms with E-state index in [1.165, 1.54) is 61.5 Å². The van der Waals surface area contributed by atoms with E-state index >= 15 is 0 Å². The molecular weight excluding hydrogens is 330 g/mol. The number of halogens is 2. The molecule has 1 heterocycles. The van der Waals surface area contributed by atoms with Crippen LogP contribution in [0.5, 0.6) is 0 Å². The number of hydrogen-bond donors (Lipinski definition) is 0. The van der Waals surface area contributed by atoms with Gasteiger partial charge >= 0.3 is 0 Å². The van der Waals surface area contributed by atoms with E-state index in [1.807, 2.05) is 18.2 Å². The van der Waals surface area contributed by atoms with Gasteiger partial charge < -0.3 is 0 Å². The zero-order valence-electron chi connectivity index (χ0n) is 14.7. The van der Waals surface area contributed by atoms with Gasteiger partial charge in [-0.15, -0.1) is 6.58 Å². The van der Waals surface area contributed by atoms with Crippen LogP contribution < -0.4 is 0 Å². The molecule has 0 atom stereocenters. The molecule has 1 saturated heterocycles. The van der Waals surface area contributed by atoms with Crippen LogP contribution in [0, 0.1) is 11.6 Å². The van der Waals surface area contributed by atoms with Gasteiger partial charge in [0.05, 0.1) is 0 Å². The van der Waals surface area contributed by atoms with E-state index < -0.39 is 20.4 Å². The third-order valence-electron chi connectivity index (χ3n) is 5.50. The highest BCUT2D eigenvalue weighted by Gasteiger charge is 2.22. The fourth-order valence-electron chi connectivity index (χ4n) is 3.96. The van der Waals surface area contributed by atoms with Crippen molar-refractivity contribution in [2.75, 3.05) is 0 Å². The molecule has 0 spiro atoms. The van der Waals surface area contributed by atoms with Crippen LogP contribution in [0.4, 0.5) is 8.78 Å². The average Bonchev–Trinajstić information content (AvgIpc) is 2.65. The van der Waals surface area contributed by atoms with Crippen LogP contribution in [-0.2, 0) is 0 Å². The molecule has 1 fully saturated rings. The first kappa shape index (κ1) is 18.1. The summed E-state index contributed by atoms with van der Waals surface area (Å²) in [4.78, 5) is 0. The van der Waals surface area contributed by atoms with E-state index in [0.717, 1.165) is 11.1 Å². The first-order valence-corrected chi connectivity index (χ1v) is 11.8. The van der Waals surface area contributed by atoms with Crippen LogP contribution in [0.1, 0.15) is 37.2 Å². The number of benzene rings is 2. The lowest BCUT2D eigenvalue weighted by atomic mass is 9.92. The van der Waals surface area contributed by atoms with E-state index in [9.17, 15) is 8.78 Å². The number of allylic oxidation sites excluding steroid dienone is 1. The van der Waals surface area contributed by atoms with Gasteiger partial charge in [-0.2, -0.15) is 0 Å². The summed E-state index contributed by atoms with van der Waals surface area (Å²) < 4.78 is 26.5. The second-order valence-corrected chi connectivity index (χ2v) is 10.7. The monoisotopic (exact) mass is 356 g/mol. The first-order chi connectivity index (χ1) is 12.2. The summed E-state index contributed by atoms with van der Waals surface area (Å²) in [6.45, 7) is 3.81. The predicted octanol–water partition coefficient (Wildman–Crippen LogP) is 6.70. The standard InChI is InChI=1S/C22H26F2Si/c1-2-3-4-13-25-14-11-19(12-15-25)17-5-7-18(8-6-17)20-9-10-21(23)22(24)16-20/h2,5-10,16,19,25H,1,3-4,11-15H2. The quantitative estimate of drug-likeness (QED) is 0.307. The van der Waals surface area contributed by atoms with Gasteiger partial charge in [0.15, 0.2) is 11.6 Å². The average molecular weight is 357 g/mol. The maximum atomic E-state index is 13.4. The molecule has 0 saturated carbocycles. The topological polar surface area (TPSA) is 0 Å². The third-order valence-corrected chi connectivity index (χ3v) is 9.03. The Balaban J connectivity index is 1.59. The lowest BCUT2D eigenvalue weighted by molar-refractivity contribution is 0.509. The zero-order chi connectivity index (χ0) is 17.6. The first-order valence-electron chi connectivity index (χ1n) is 9.33. The van der Waals surface area contributed by atoms with Crippen molar-refractivity contribution in [2.45, 2.75) is 49.7 Å². The van der Waals surface area contributed by atoms with Crippen molar-refractivity contribution >= 4 is 8.80 Å².